The Kier molecular flexibility index (Phi) is 5.14. The maximum atomic E-state index is 5.21. The van der Waals surface area contributed by atoms with E-state index in [4.69, 9.17) is 9.05 Å². The molecule has 24 heavy (non-hydrogen) atoms. The molecule has 1 fully saturated rings. The number of aliphatic imine (C=N–C) groups is 1. The number of aromatic nitrogens is 2. The van der Waals surface area contributed by atoms with Gasteiger partial charge in [0.05, 0.1) is 11.4 Å². The minimum atomic E-state index is 0.674. The molecule has 130 valence electrons. The molecule has 1 saturated heterocycles. The van der Waals surface area contributed by atoms with Gasteiger partial charge in [-0.1, -0.05) is 10.3 Å². The Morgan fingerprint density at radius 3 is 2.62 bits per heavy atom. The van der Waals surface area contributed by atoms with E-state index >= 15 is 0 Å². The molecule has 0 unspecified atom stereocenters. The van der Waals surface area contributed by atoms with E-state index in [2.05, 4.69) is 30.4 Å². The molecule has 1 aliphatic heterocycles. The second kappa shape index (κ2) is 7.48. The number of rotatable bonds is 4. The highest BCUT2D eigenvalue weighted by molar-refractivity contribution is 5.80. The lowest BCUT2D eigenvalue weighted by atomic mass is 10.2. The van der Waals surface area contributed by atoms with Gasteiger partial charge in [0.1, 0.15) is 12.0 Å². The van der Waals surface area contributed by atoms with Gasteiger partial charge < -0.3 is 19.3 Å². The first-order valence-electron chi connectivity index (χ1n) is 8.16. The summed E-state index contributed by atoms with van der Waals surface area (Å²) in [5.41, 5.74) is 3.00. The van der Waals surface area contributed by atoms with Crippen LogP contribution in [0.15, 0.2) is 26.4 Å². The fourth-order valence-electron chi connectivity index (χ4n) is 2.92. The van der Waals surface area contributed by atoms with Crippen molar-refractivity contribution in [2.75, 3.05) is 33.2 Å². The van der Waals surface area contributed by atoms with E-state index in [0.717, 1.165) is 61.4 Å². The van der Waals surface area contributed by atoms with Crippen molar-refractivity contribution in [1.82, 2.24) is 25.4 Å². The molecule has 8 nitrogen and oxygen atoms in total. The van der Waals surface area contributed by atoms with Gasteiger partial charge in [-0.15, -0.1) is 0 Å². The molecular formula is C16H24N6O2. The molecule has 1 N–H and O–H groups in total. The van der Waals surface area contributed by atoms with Gasteiger partial charge in [-0.25, -0.2) is 0 Å². The van der Waals surface area contributed by atoms with E-state index in [0.29, 0.717) is 6.54 Å². The smallest absolute Gasteiger partial charge is 0.194 e. The average Bonchev–Trinajstić information content (AvgIpc) is 3.21. The highest BCUT2D eigenvalue weighted by Gasteiger charge is 2.20. The first-order valence-corrected chi connectivity index (χ1v) is 8.16. The van der Waals surface area contributed by atoms with E-state index in [1.807, 2.05) is 27.0 Å². The van der Waals surface area contributed by atoms with Crippen molar-refractivity contribution in [3.8, 4) is 0 Å². The number of hydrogen-bond acceptors (Lipinski definition) is 6. The third-order valence-corrected chi connectivity index (χ3v) is 4.36. The zero-order valence-corrected chi connectivity index (χ0v) is 14.4. The second-order valence-electron chi connectivity index (χ2n) is 5.96. The molecular weight excluding hydrogens is 308 g/mol. The number of guanidine groups is 1. The van der Waals surface area contributed by atoms with Gasteiger partial charge in [0, 0.05) is 57.9 Å². The Morgan fingerprint density at radius 2 is 2.04 bits per heavy atom. The van der Waals surface area contributed by atoms with Gasteiger partial charge in [-0.3, -0.25) is 9.89 Å². The molecule has 0 radical (unpaired) electrons. The van der Waals surface area contributed by atoms with Crippen LogP contribution < -0.4 is 5.32 Å². The lowest BCUT2D eigenvalue weighted by Gasteiger charge is -2.36. The summed E-state index contributed by atoms with van der Waals surface area (Å²) in [6.45, 7) is 9.19. The van der Waals surface area contributed by atoms with Crippen LogP contribution in [-0.2, 0) is 13.1 Å². The van der Waals surface area contributed by atoms with Crippen LogP contribution in [0.2, 0.25) is 0 Å². The van der Waals surface area contributed by atoms with Crippen molar-refractivity contribution in [3.05, 3.63) is 35.0 Å². The number of hydrogen-bond donors (Lipinski definition) is 1. The second-order valence-corrected chi connectivity index (χ2v) is 5.96. The van der Waals surface area contributed by atoms with Gasteiger partial charge in [-0.2, -0.15) is 0 Å². The van der Waals surface area contributed by atoms with E-state index in [-0.39, 0.29) is 0 Å². The summed E-state index contributed by atoms with van der Waals surface area (Å²) >= 11 is 0. The molecule has 2 aromatic heterocycles. The third kappa shape index (κ3) is 3.76. The molecule has 0 aromatic carbocycles. The molecule has 3 rings (SSSR count). The molecule has 1 aliphatic rings. The molecule has 2 aromatic rings. The van der Waals surface area contributed by atoms with Gasteiger partial charge in [-0.05, 0) is 13.8 Å². The fourth-order valence-corrected chi connectivity index (χ4v) is 2.92. The van der Waals surface area contributed by atoms with Gasteiger partial charge in [0.15, 0.2) is 5.96 Å². The molecule has 0 amide bonds. The number of piperazine rings is 1. The van der Waals surface area contributed by atoms with Crippen LogP contribution in [0.1, 0.15) is 22.7 Å². The van der Waals surface area contributed by atoms with Crippen LogP contribution in [-0.4, -0.2) is 59.3 Å². The summed E-state index contributed by atoms with van der Waals surface area (Å²) in [5, 5.41) is 11.4. The van der Waals surface area contributed by atoms with E-state index in [9.17, 15) is 0 Å². The Bertz CT molecular complexity index is 651. The fraction of sp³-hybridized carbons (Fsp3) is 0.562. The predicted octanol–water partition coefficient (Wildman–Crippen LogP) is 1.17. The summed E-state index contributed by atoms with van der Waals surface area (Å²) in [7, 11) is 1.82. The van der Waals surface area contributed by atoms with E-state index < -0.39 is 0 Å². The van der Waals surface area contributed by atoms with Crippen LogP contribution in [0.3, 0.4) is 0 Å². The minimum Gasteiger partial charge on any atom is -0.364 e. The van der Waals surface area contributed by atoms with Crippen LogP contribution in [0.5, 0.6) is 0 Å². The van der Waals surface area contributed by atoms with Gasteiger partial charge >= 0.3 is 0 Å². The molecule has 3 heterocycles. The molecule has 0 aliphatic carbocycles. The highest BCUT2D eigenvalue weighted by Crippen LogP contribution is 2.12. The summed E-state index contributed by atoms with van der Waals surface area (Å²) in [6, 6.07) is 1.91. The summed E-state index contributed by atoms with van der Waals surface area (Å²) in [5.74, 6) is 1.77. The highest BCUT2D eigenvalue weighted by atomic mass is 16.5. The Labute approximate surface area is 141 Å². The van der Waals surface area contributed by atoms with Crippen molar-refractivity contribution in [2.45, 2.75) is 26.9 Å². The number of nitrogens with zero attached hydrogens (tertiary/aromatic N) is 5. The lowest BCUT2D eigenvalue weighted by molar-refractivity contribution is 0.169. The van der Waals surface area contributed by atoms with Crippen molar-refractivity contribution in [2.24, 2.45) is 4.99 Å². The monoisotopic (exact) mass is 332 g/mol. The Morgan fingerprint density at radius 1 is 1.25 bits per heavy atom. The van der Waals surface area contributed by atoms with E-state index in [1.165, 1.54) is 0 Å². The predicted molar refractivity (Wildman–Crippen MR) is 89.5 cm³/mol. The number of nitrogens with one attached hydrogen (secondary N) is 1. The standard InChI is InChI=1S/C16H24N6O2/c1-12-15(13(2)24-19-12)10-18-16(17-3)22-7-5-21(6-8-22)11-14-4-9-23-20-14/h4,9H,5-8,10-11H2,1-3H3,(H,17,18). The first-order chi connectivity index (χ1) is 11.7. The quantitative estimate of drug-likeness (QED) is 0.665. The van der Waals surface area contributed by atoms with Gasteiger partial charge in [0.2, 0.25) is 0 Å². The molecule has 8 heteroatoms. The average molecular weight is 332 g/mol. The maximum absolute atomic E-state index is 5.21. The first kappa shape index (κ1) is 16.5. The zero-order chi connectivity index (χ0) is 16.9. The molecule has 0 atom stereocenters. The summed E-state index contributed by atoms with van der Waals surface area (Å²) in [4.78, 5) is 9.05. The number of aryl methyl sites for hydroxylation is 2. The van der Waals surface area contributed by atoms with Crippen molar-refractivity contribution >= 4 is 5.96 Å². The Hall–Kier alpha value is -2.35. The van der Waals surface area contributed by atoms with Gasteiger partial charge in [0.25, 0.3) is 0 Å². The lowest BCUT2D eigenvalue weighted by Crippen LogP contribution is -2.52. The van der Waals surface area contributed by atoms with Crippen LogP contribution in [0.25, 0.3) is 0 Å². The molecule has 0 bridgehead atoms. The Balaban J connectivity index is 1.50. The zero-order valence-electron chi connectivity index (χ0n) is 14.4. The van der Waals surface area contributed by atoms with Crippen LogP contribution in [0, 0.1) is 13.8 Å². The molecule has 0 spiro atoms. The molecule has 0 saturated carbocycles. The van der Waals surface area contributed by atoms with Crippen molar-refractivity contribution < 1.29 is 9.05 Å². The normalized spacial score (nSPS) is 16.6. The summed E-state index contributed by atoms with van der Waals surface area (Å²) < 4.78 is 10.1. The third-order valence-electron chi connectivity index (χ3n) is 4.36. The minimum absolute atomic E-state index is 0.674. The summed E-state index contributed by atoms with van der Waals surface area (Å²) in [6.07, 6.45) is 1.62. The van der Waals surface area contributed by atoms with E-state index in [1.54, 1.807) is 6.26 Å². The van der Waals surface area contributed by atoms with Crippen LogP contribution in [0.4, 0.5) is 0 Å². The SMILES string of the molecule is CN=C(NCc1c(C)noc1C)N1CCN(Cc2ccon2)CC1. The maximum Gasteiger partial charge on any atom is 0.194 e. The topological polar surface area (TPSA) is 82.9 Å². The van der Waals surface area contributed by atoms with Crippen LogP contribution >= 0.6 is 0 Å². The van der Waals surface area contributed by atoms with Crippen molar-refractivity contribution in [1.29, 1.82) is 0 Å². The van der Waals surface area contributed by atoms with Crippen molar-refractivity contribution in [3.63, 3.8) is 0 Å². The largest absolute Gasteiger partial charge is 0.364 e.